The second kappa shape index (κ2) is 4.88. The first-order valence-electron chi connectivity index (χ1n) is 5.77. The lowest BCUT2D eigenvalue weighted by molar-refractivity contribution is 0.369. The van der Waals surface area contributed by atoms with Crippen molar-refractivity contribution >= 4 is 5.96 Å². The standard InChI is InChI=1S/C13H16N4/c1-16-13(15)17(9-14)12-8-4-6-10-5-2-3-7-11(10)12/h2-3,5,7,12H,4,6,8H2,1H3,(H2,15,16). The molecule has 0 aliphatic heterocycles. The zero-order chi connectivity index (χ0) is 12.3. The first-order valence-corrected chi connectivity index (χ1v) is 5.77. The summed E-state index contributed by atoms with van der Waals surface area (Å²) in [6.07, 6.45) is 5.24. The lowest BCUT2D eigenvalue weighted by atomic mass is 9.87. The van der Waals surface area contributed by atoms with Gasteiger partial charge in [0.05, 0.1) is 6.04 Å². The van der Waals surface area contributed by atoms with Gasteiger partial charge in [-0.1, -0.05) is 24.3 Å². The number of aryl methyl sites for hydroxylation is 1. The van der Waals surface area contributed by atoms with Gasteiger partial charge in [0.15, 0.2) is 6.19 Å². The maximum atomic E-state index is 9.22. The molecule has 1 aromatic rings. The van der Waals surface area contributed by atoms with Crippen LogP contribution in [0.5, 0.6) is 0 Å². The molecule has 1 aliphatic carbocycles. The van der Waals surface area contributed by atoms with Crippen LogP contribution in [0.3, 0.4) is 0 Å². The van der Waals surface area contributed by atoms with E-state index in [0.717, 1.165) is 19.3 Å². The summed E-state index contributed by atoms with van der Waals surface area (Å²) in [6, 6.07) is 8.28. The van der Waals surface area contributed by atoms with Crippen molar-refractivity contribution in [3.63, 3.8) is 0 Å². The molecule has 0 heterocycles. The normalized spacial score (nSPS) is 19.3. The number of fused-ring (bicyclic) bond motifs is 1. The Bertz CT molecular complexity index is 473. The Hall–Kier alpha value is -2.02. The smallest absolute Gasteiger partial charge is 0.205 e. The average Bonchev–Trinajstić information content (AvgIpc) is 2.39. The van der Waals surface area contributed by atoms with E-state index in [9.17, 15) is 5.26 Å². The molecular weight excluding hydrogens is 212 g/mol. The molecule has 0 saturated heterocycles. The Balaban J connectivity index is 2.38. The monoisotopic (exact) mass is 228 g/mol. The van der Waals surface area contributed by atoms with Crippen LogP contribution in [0.15, 0.2) is 29.3 Å². The molecule has 0 bridgehead atoms. The Kier molecular flexibility index (Phi) is 3.29. The molecule has 0 spiro atoms. The van der Waals surface area contributed by atoms with Crippen molar-refractivity contribution in [2.24, 2.45) is 10.7 Å². The van der Waals surface area contributed by atoms with Gasteiger partial charge in [-0.15, -0.1) is 0 Å². The largest absolute Gasteiger partial charge is 0.369 e. The minimum atomic E-state index is 0.0358. The highest BCUT2D eigenvalue weighted by molar-refractivity contribution is 5.80. The second-order valence-corrected chi connectivity index (χ2v) is 4.16. The quantitative estimate of drug-likeness (QED) is 0.345. The van der Waals surface area contributed by atoms with Crippen LogP contribution in [-0.2, 0) is 6.42 Å². The number of guanidine groups is 1. The third-order valence-electron chi connectivity index (χ3n) is 3.23. The lowest BCUT2D eigenvalue weighted by Crippen LogP contribution is -2.37. The van der Waals surface area contributed by atoms with Gasteiger partial charge in [-0.2, -0.15) is 5.26 Å². The predicted molar refractivity (Wildman–Crippen MR) is 67.1 cm³/mol. The van der Waals surface area contributed by atoms with Crippen LogP contribution in [0.4, 0.5) is 0 Å². The molecule has 4 nitrogen and oxygen atoms in total. The second-order valence-electron chi connectivity index (χ2n) is 4.16. The molecule has 4 heteroatoms. The Labute approximate surface area is 101 Å². The molecule has 0 radical (unpaired) electrons. The van der Waals surface area contributed by atoms with Crippen molar-refractivity contribution in [1.29, 1.82) is 5.26 Å². The minimum Gasteiger partial charge on any atom is -0.369 e. The zero-order valence-electron chi connectivity index (χ0n) is 9.93. The summed E-state index contributed by atoms with van der Waals surface area (Å²) in [7, 11) is 1.61. The average molecular weight is 228 g/mol. The SMILES string of the molecule is CN=C(N)N(C#N)C1CCCc2ccccc21. The summed E-state index contributed by atoms with van der Waals surface area (Å²) in [6.45, 7) is 0. The number of hydrogen-bond donors (Lipinski definition) is 1. The molecule has 2 rings (SSSR count). The fourth-order valence-electron chi connectivity index (χ4n) is 2.38. The van der Waals surface area contributed by atoms with Gasteiger partial charge < -0.3 is 5.73 Å². The van der Waals surface area contributed by atoms with Crippen LogP contribution in [0.2, 0.25) is 0 Å². The van der Waals surface area contributed by atoms with Gasteiger partial charge in [0.1, 0.15) is 0 Å². The summed E-state index contributed by atoms with van der Waals surface area (Å²) in [5.74, 6) is 0.286. The lowest BCUT2D eigenvalue weighted by Gasteiger charge is -2.31. The van der Waals surface area contributed by atoms with Gasteiger partial charge >= 0.3 is 0 Å². The molecule has 1 unspecified atom stereocenters. The van der Waals surface area contributed by atoms with E-state index in [-0.39, 0.29) is 12.0 Å². The molecule has 1 aliphatic rings. The van der Waals surface area contributed by atoms with E-state index >= 15 is 0 Å². The van der Waals surface area contributed by atoms with E-state index in [2.05, 4.69) is 23.3 Å². The van der Waals surface area contributed by atoms with Crippen LogP contribution in [0.25, 0.3) is 0 Å². The number of hydrogen-bond acceptors (Lipinski definition) is 2. The molecule has 1 atom stereocenters. The van der Waals surface area contributed by atoms with E-state index in [1.54, 1.807) is 7.05 Å². The van der Waals surface area contributed by atoms with Gasteiger partial charge in [-0.25, -0.2) is 4.90 Å². The Morgan fingerprint density at radius 2 is 2.29 bits per heavy atom. The summed E-state index contributed by atoms with van der Waals surface area (Å²) >= 11 is 0. The van der Waals surface area contributed by atoms with E-state index < -0.39 is 0 Å². The highest BCUT2D eigenvalue weighted by Gasteiger charge is 2.26. The fraction of sp³-hybridized carbons (Fsp3) is 0.385. The summed E-state index contributed by atoms with van der Waals surface area (Å²) in [4.78, 5) is 5.42. The maximum Gasteiger partial charge on any atom is 0.205 e. The van der Waals surface area contributed by atoms with Gasteiger partial charge in [-0.3, -0.25) is 4.99 Å². The molecule has 1 aromatic carbocycles. The molecule has 0 saturated carbocycles. The molecule has 88 valence electrons. The number of rotatable bonds is 1. The zero-order valence-corrected chi connectivity index (χ0v) is 9.93. The van der Waals surface area contributed by atoms with Crippen molar-refractivity contribution in [2.75, 3.05) is 7.05 Å². The summed E-state index contributed by atoms with van der Waals surface area (Å²) in [5.41, 5.74) is 8.28. The topological polar surface area (TPSA) is 65.4 Å². The van der Waals surface area contributed by atoms with Crippen LogP contribution in [0, 0.1) is 11.5 Å². The Morgan fingerprint density at radius 1 is 1.53 bits per heavy atom. The molecule has 0 aromatic heterocycles. The molecule has 2 N–H and O–H groups in total. The van der Waals surface area contributed by atoms with Crippen LogP contribution in [0.1, 0.15) is 30.0 Å². The molecule has 0 fully saturated rings. The van der Waals surface area contributed by atoms with Crippen molar-refractivity contribution in [1.82, 2.24) is 4.90 Å². The number of nitrogens with zero attached hydrogens (tertiary/aromatic N) is 3. The number of nitrogens with two attached hydrogens (primary N) is 1. The van der Waals surface area contributed by atoms with Crippen molar-refractivity contribution in [3.05, 3.63) is 35.4 Å². The predicted octanol–water partition coefficient (Wildman–Crippen LogP) is 1.79. The van der Waals surface area contributed by atoms with Crippen molar-refractivity contribution in [2.45, 2.75) is 25.3 Å². The number of benzene rings is 1. The van der Waals surface area contributed by atoms with Gasteiger partial charge in [0.2, 0.25) is 5.96 Å². The summed E-state index contributed by atoms with van der Waals surface area (Å²) < 4.78 is 0. The van der Waals surface area contributed by atoms with Crippen LogP contribution >= 0.6 is 0 Å². The number of aliphatic imine (C=N–C) groups is 1. The van der Waals surface area contributed by atoms with Crippen LogP contribution < -0.4 is 5.73 Å². The fourth-order valence-corrected chi connectivity index (χ4v) is 2.38. The van der Waals surface area contributed by atoms with E-state index in [1.165, 1.54) is 16.0 Å². The number of nitriles is 1. The third-order valence-corrected chi connectivity index (χ3v) is 3.23. The summed E-state index contributed by atoms with van der Waals surface area (Å²) in [5, 5.41) is 9.22. The maximum absolute atomic E-state index is 9.22. The van der Waals surface area contributed by atoms with E-state index in [1.807, 2.05) is 12.1 Å². The molecular formula is C13H16N4. The van der Waals surface area contributed by atoms with Crippen molar-refractivity contribution < 1.29 is 0 Å². The highest BCUT2D eigenvalue weighted by Crippen LogP contribution is 2.33. The van der Waals surface area contributed by atoms with Crippen LogP contribution in [-0.4, -0.2) is 17.9 Å². The van der Waals surface area contributed by atoms with E-state index in [0.29, 0.717) is 0 Å². The van der Waals surface area contributed by atoms with Crippen molar-refractivity contribution in [3.8, 4) is 6.19 Å². The van der Waals surface area contributed by atoms with E-state index in [4.69, 9.17) is 5.73 Å². The first kappa shape index (κ1) is 11.5. The van der Waals surface area contributed by atoms with Gasteiger partial charge in [0, 0.05) is 7.05 Å². The van der Waals surface area contributed by atoms with Gasteiger partial charge in [0.25, 0.3) is 0 Å². The molecule has 0 amide bonds. The minimum absolute atomic E-state index is 0.0358. The highest BCUT2D eigenvalue weighted by atomic mass is 15.3. The first-order chi connectivity index (χ1) is 8.27. The third kappa shape index (κ3) is 2.09. The van der Waals surface area contributed by atoms with Gasteiger partial charge in [-0.05, 0) is 30.4 Å². The molecule has 17 heavy (non-hydrogen) atoms. The Morgan fingerprint density at radius 3 is 3.00 bits per heavy atom.